The predicted molar refractivity (Wildman–Crippen MR) is 81.4 cm³/mol. The Kier molecular flexibility index (Phi) is 4.81. The van der Waals surface area contributed by atoms with E-state index in [0.717, 1.165) is 0 Å². The number of hydrogen-bond donors (Lipinski definition) is 1. The number of rotatable bonds is 4. The number of benzene rings is 2. The van der Waals surface area contributed by atoms with Crippen molar-refractivity contribution in [2.75, 3.05) is 12.4 Å². The van der Waals surface area contributed by atoms with E-state index in [2.05, 4.69) is 5.32 Å². The van der Waals surface area contributed by atoms with Crippen LogP contribution in [0.3, 0.4) is 0 Å². The third kappa shape index (κ3) is 3.53. The molecule has 4 nitrogen and oxygen atoms in total. The van der Waals surface area contributed by atoms with Gasteiger partial charge in [0.1, 0.15) is 5.75 Å². The van der Waals surface area contributed by atoms with Crippen molar-refractivity contribution in [1.82, 2.24) is 0 Å². The lowest BCUT2D eigenvalue weighted by Gasteiger charge is -2.11. The lowest BCUT2D eigenvalue weighted by atomic mass is 10.00. The molecular weight excluding hydrogens is 288 g/mol. The fourth-order valence-corrected chi connectivity index (χ4v) is 2.15. The molecule has 2 aromatic carbocycles. The van der Waals surface area contributed by atoms with Crippen LogP contribution in [0.5, 0.6) is 5.75 Å². The quantitative estimate of drug-likeness (QED) is 0.938. The van der Waals surface area contributed by atoms with Crippen LogP contribution in [-0.2, 0) is 4.79 Å². The molecule has 2 aromatic rings. The zero-order valence-corrected chi connectivity index (χ0v) is 12.1. The summed E-state index contributed by atoms with van der Waals surface area (Å²) < 4.78 is 5.05. The molecule has 1 amide bonds. The summed E-state index contributed by atoms with van der Waals surface area (Å²) in [6, 6.07) is 15.8. The van der Waals surface area contributed by atoms with Gasteiger partial charge in [-0.1, -0.05) is 41.9 Å². The number of carbonyl (C=O) groups excluding carboxylic acids is 1. The number of nitrogens with zero attached hydrogens (tertiary/aromatic N) is 1. The van der Waals surface area contributed by atoms with Crippen molar-refractivity contribution in [1.29, 1.82) is 5.26 Å². The SMILES string of the molecule is COc1ccc(NC(=O)C(C#N)c2ccccc2)cc1Cl. The fourth-order valence-electron chi connectivity index (χ4n) is 1.89. The van der Waals surface area contributed by atoms with Gasteiger partial charge in [0.25, 0.3) is 0 Å². The van der Waals surface area contributed by atoms with Gasteiger partial charge in [0.2, 0.25) is 5.91 Å². The van der Waals surface area contributed by atoms with Gasteiger partial charge in [-0.3, -0.25) is 4.79 Å². The smallest absolute Gasteiger partial charge is 0.246 e. The van der Waals surface area contributed by atoms with Crippen LogP contribution in [0.4, 0.5) is 5.69 Å². The minimum atomic E-state index is -0.868. The van der Waals surface area contributed by atoms with E-state index in [0.29, 0.717) is 22.0 Å². The number of halogens is 1. The van der Waals surface area contributed by atoms with E-state index < -0.39 is 11.8 Å². The second-order valence-corrected chi connectivity index (χ2v) is 4.72. The van der Waals surface area contributed by atoms with Crippen LogP contribution in [0.25, 0.3) is 0 Å². The average molecular weight is 301 g/mol. The Morgan fingerprint density at radius 3 is 2.57 bits per heavy atom. The Labute approximate surface area is 127 Å². The minimum Gasteiger partial charge on any atom is -0.495 e. The van der Waals surface area contributed by atoms with Gasteiger partial charge in [-0.15, -0.1) is 0 Å². The molecule has 0 radical (unpaired) electrons. The number of methoxy groups -OCH3 is 1. The van der Waals surface area contributed by atoms with Gasteiger partial charge in [0, 0.05) is 5.69 Å². The van der Waals surface area contributed by atoms with Gasteiger partial charge in [-0.2, -0.15) is 5.26 Å². The van der Waals surface area contributed by atoms with E-state index in [-0.39, 0.29) is 0 Å². The maximum atomic E-state index is 12.2. The lowest BCUT2D eigenvalue weighted by molar-refractivity contribution is -0.116. The van der Waals surface area contributed by atoms with E-state index in [9.17, 15) is 10.1 Å². The first-order valence-corrected chi connectivity index (χ1v) is 6.62. The molecular formula is C16H13ClN2O2. The summed E-state index contributed by atoms with van der Waals surface area (Å²) in [5.41, 5.74) is 1.17. The fraction of sp³-hybridized carbons (Fsp3) is 0.125. The molecule has 0 aliphatic rings. The van der Waals surface area contributed by atoms with Crippen LogP contribution in [0.1, 0.15) is 11.5 Å². The normalized spacial score (nSPS) is 11.3. The highest BCUT2D eigenvalue weighted by Crippen LogP contribution is 2.28. The molecule has 0 aliphatic carbocycles. The van der Waals surface area contributed by atoms with Crippen LogP contribution in [0, 0.1) is 11.3 Å². The molecule has 106 valence electrons. The molecule has 1 N–H and O–H groups in total. The zero-order chi connectivity index (χ0) is 15.2. The molecule has 5 heteroatoms. The standard InChI is InChI=1S/C16H13ClN2O2/c1-21-15-8-7-12(9-14(15)17)19-16(20)13(10-18)11-5-3-2-4-6-11/h2-9,13H,1H3,(H,19,20). The predicted octanol–water partition coefficient (Wildman–Crippen LogP) is 3.59. The molecule has 0 saturated carbocycles. The lowest BCUT2D eigenvalue weighted by Crippen LogP contribution is -2.19. The second kappa shape index (κ2) is 6.78. The summed E-state index contributed by atoms with van der Waals surface area (Å²) in [7, 11) is 1.51. The third-order valence-electron chi connectivity index (χ3n) is 2.94. The van der Waals surface area contributed by atoms with E-state index in [1.54, 1.807) is 42.5 Å². The summed E-state index contributed by atoms with van der Waals surface area (Å²) >= 11 is 6.00. The second-order valence-electron chi connectivity index (χ2n) is 4.31. The Morgan fingerprint density at radius 2 is 2.00 bits per heavy atom. The Hall–Kier alpha value is -2.51. The molecule has 0 aromatic heterocycles. The van der Waals surface area contributed by atoms with Crippen LogP contribution in [0.2, 0.25) is 5.02 Å². The van der Waals surface area contributed by atoms with Gasteiger partial charge < -0.3 is 10.1 Å². The zero-order valence-electron chi connectivity index (χ0n) is 11.3. The molecule has 2 rings (SSSR count). The Morgan fingerprint density at radius 1 is 1.29 bits per heavy atom. The van der Waals surface area contributed by atoms with Crippen molar-refractivity contribution in [3.63, 3.8) is 0 Å². The van der Waals surface area contributed by atoms with Crippen LogP contribution in [0.15, 0.2) is 48.5 Å². The van der Waals surface area contributed by atoms with Crippen LogP contribution < -0.4 is 10.1 Å². The van der Waals surface area contributed by atoms with Crippen molar-refractivity contribution in [3.8, 4) is 11.8 Å². The summed E-state index contributed by atoms with van der Waals surface area (Å²) in [4.78, 5) is 12.2. The highest BCUT2D eigenvalue weighted by Gasteiger charge is 2.20. The molecule has 0 fully saturated rings. The van der Waals surface area contributed by atoms with Crippen molar-refractivity contribution < 1.29 is 9.53 Å². The van der Waals surface area contributed by atoms with E-state index in [1.165, 1.54) is 7.11 Å². The number of carbonyl (C=O) groups is 1. The van der Waals surface area contributed by atoms with Crippen molar-refractivity contribution in [2.24, 2.45) is 0 Å². The van der Waals surface area contributed by atoms with Crippen molar-refractivity contribution in [2.45, 2.75) is 5.92 Å². The summed E-state index contributed by atoms with van der Waals surface area (Å²) in [6.45, 7) is 0. The van der Waals surface area contributed by atoms with Gasteiger partial charge in [0.15, 0.2) is 5.92 Å². The maximum absolute atomic E-state index is 12.2. The van der Waals surface area contributed by atoms with Gasteiger partial charge in [0.05, 0.1) is 18.2 Å². The van der Waals surface area contributed by atoms with E-state index in [1.807, 2.05) is 12.1 Å². The molecule has 1 atom stereocenters. The first-order valence-electron chi connectivity index (χ1n) is 6.24. The van der Waals surface area contributed by atoms with Gasteiger partial charge in [-0.25, -0.2) is 0 Å². The van der Waals surface area contributed by atoms with E-state index >= 15 is 0 Å². The number of hydrogen-bond acceptors (Lipinski definition) is 3. The number of amides is 1. The largest absolute Gasteiger partial charge is 0.495 e. The van der Waals surface area contributed by atoms with Crippen molar-refractivity contribution in [3.05, 3.63) is 59.1 Å². The summed E-state index contributed by atoms with van der Waals surface area (Å²) in [5.74, 6) is -0.744. The molecule has 0 aliphatic heterocycles. The molecule has 0 heterocycles. The monoisotopic (exact) mass is 300 g/mol. The number of nitriles is 1. The van der Waals surface area contributed by atoms with Crippen LogP contribution >= 0.6 is 11.6 Å². The maximum Gasteiger partial charge on any atom is 0.246 e. The van der Waals surface area contributed by atoms with Gasteiger partial charge >= 0.3 is 0 Å². The van der Waals surface area contributed by atoms with Crippen LogP contribution in [-0.4, -0.2) is 13.0 Å². The highest BCUT2D eigenvalue weighted by molar-refractivity contribution is 6.32. The topological polar surface area (TPSA) is 62.1 Å². The first-order chi connectivity index (χ1) is 10.2. The summed E-state index contributed by atoms with van der Waals surface area (Å²) in [5, 5.41) is 12.3. The molecule has 0 spiro atoms. The molecule has 0 saturated heterocycles. The molecule has 1 unspecified atom stereocenters. The van der Waals surface area contributed by atoms with E-state index in [4.69, 9.17) is 16.3 Å². The highest BCUT2D eigenvalue weighted by atomic mass is 35.5. The number of ether oxygens (including phenoxy) is 1. The third-order valence-corrected chi connectivity index (χ3v) is 3.24. The summed E-state index contributed by atoms with van der Waals surface area (Å²) in [6.07, 6.45) is 0. The average Bonchev–Trinajstić information content (AvgIpc) is 2.49. The number of anilines is 1. The minimum absolute atomic E-state index is 0.392. The first kappa shape index (κ1) is 14.9. The van der Waals surface area contributed by atoms with Crippen molar-refractivity contribution >= 4 is 23.2 Å². The molecule has 0 bridgehead atoms. The molecule has 21 heavy (non-hydrogen) atoms. The Balaban J connectivity index is 2.17. The number of nitrogens with one attached hydrogen (secondary N) is 1. The Bertz CT molecular complexity index is 680. The van der Waals surface area contributed by atoms with Gasteiger partial charge in [-0.05, 0) is 23.8 Å².